The molecule has 0 unspecified atom stereocenters. The summed E-state index contributed by atoms with van der Waals surface area (Å²) in [5.41, 5.74) is 6.38. The molecule has 4 rings (SSSR count). The van der Waals surface area contributed by atoms with Gasteiger partial charge in [-0.15, -0.1) is 0 Å². The molecule has 0 amide bonds. The molecule has 0 fully saturated rings. The van der Waals surface area contributed by atoms with Crippen molar-refractivity contribution in [3.8, 4) is 28.5 Å². The van der Waals surface area contributed by atoms with Crippen LogP contribution in [-0.2, 0) is 17.3 Å². The van der Waals surface area contributed by atoms with Gasteiger partial charge in [0.25, 0.3) is 0 Å². The van der Waals surface area contributed by atoms with E-state index >= 15 is 0 Å². The molecule has 0 saturated carbocycles. The maximum atomic E-state index is 11.2. The summed E-state index contributed by atoms with van der Waals surface area (Å²) in [5.74, 6) is 1.76. The van der Waals surface area contributed by atoms with Crippen molar-refractivity contribution < 1.29 is 9.52 Å². The lowest BCUT2D eigenvalue weighted by molar-refractivity contribution is 0.423. The van der Waals surface area contributed by atoms with Crippen molar-refractivity contribution in [2.45, 2.75) is 58.8 Å². The number of anilines is 1. The molecule has 0 aliphatic heterocycles. The molecule has 4 aromatic rings. The summed E-state index contributed by atoms with van der Waals surface area (Å²) in [4.78, 5) is 7.12. The number of hydrogen-bond acceptors (Lipinski definition) is 4. The van der Waals surface area contributed by atoms with Crippen molar-refractivity contribution in [2.75, 3.05) is 19.0 Å². The van der Waals surface area contributed by atoms with Gasteiger partial charge in [0.15, 0.2) is 0 Å². The summed E-state index contributed by atoms with van der Waals surface area (Å²) in [6.07, 6.45) is 0.648. The van der Waals surface area contributed by atoms with E-state index in [0.29, 0.717) is 18.1 Å². The minimum Gasteiger partial charge on any atom is -0.507 e. The molecular formula is C32H38N2O2. The zero-order chi connectivity index (χ0) is 26.3. The summed E-state index contributed by atoms with van der Waals surface area (Å²) in [7, 11) is 4.07. The van der Waals surface area contributed by atoms with Gasteiger partial charge in [-0.2, -0.15) is 0 Å². The highest BCUT2D eigenvalue weighted by Gasteiger charge is 2.28. The lowest BCUT2D eigenvalue weighted by Gasteiger charge is -2.27. The van der Waals surface area contributed by atoms with Crippen molar-refractivity contribution in [2.24, 2.45) is 0 Å². The number of aromatic nitrogens is 1. The number of rotatable bonds is 5. The molecule has 0 bridgehead atoms. The summed E-state index contributed by atoms with van der Waals surface area (Å²) < 4.78 is 6.51. The largest absolute Gasteiger partial charge is 0.507 e. The van der Waals surface area contributed by atoms with Crippen molar-refractivity contribution in [3.05, 3.63) is 89.2 Å². The van der Waals surface area contributed by atoms with Crippen LogP contribution in [0.15, 0.2) is 71.1 Å². The van der Waals surface area contributed by atoms with Crippen LogP contribution < -0.4 is 4.90 Å². The fourth-order valence-electron chi connectivity index (χ4n) is 4.42. The Kier molecular flexibility index (Phi) is 6.74. The fraction of sp³-hybridized carbons (Fsp3) is 0.344. The summed E-state index contributed by atoms with van der Waals surface area (Å²) in [6.45, 7) is 12.7. The van der Waals surface area contributed by atoms with E-state index in [1.54, 1.807) is 0 Å². The predicted octanol–water partition coefficient (Wildman–Crippen LogP) is 7.97. The zero-order valence-corrected chi connectivity index (χ0v) is 22.8. The van der Waals surface area contributed by atoms with E-state index in [1.807, 2.05) is 44.4 Å². The third kappa shape index (κ3) is 5.33. The van der Waals surface area contributed by atoms with E-state index < -0.39 is 0 Å². The number of aromatic hydroxyl groups is 1. The van der Waals surface area contributed by atoms with Gasteiger partial charge in [0, 0.05) is 48.5 Å². The standard InChI is InChI=1S/C32H38N2O2/c1-31(2,3)25-19-23(20-26(29(25)35)32(4,5)6)30-33-28(22-14-16-24(17-15-22)34(7)8)27(36-30)18-21-12-10-9-11-13-21/h9-17,19-20,35H,18H2,1-8H3. The molecule has 0 radical (unpaired) electrons. The van der Waals surface area contributed by atoms with E-state index in [4.69, 9.17) is 9.40 Å². The van der Waals surface area contributed by atoms with E-state index in [1.165, 1.54) is 5.56 Å². The lowest BCUT2D eigenvalue weighted by Crippen LogP contribution is -2.17. The van der Waals surface area contributed by atoms with Crippen LogP contribution in [0.5, 0.6) is 5.75 Å². The Bertz CT molecular complexity index is 1300. The van der Waals surface area contributed by atoms with Gasteiger partial charge in [-0.25, -0.2) is 4.98 Å². The average Bonchev–Trinajstić information content (AvgIpc) is 3.22. The number of phenolic OH excluding ortho intramolecular Hbond substituents is 1. The SMILES string of the molecule is CN(C)c1ccc(-c2nc(-c3cc(C(C)(C)C)c(O)c(C(C)(C)C)c3)oc2Cc2ccccc2)cc1. The van der Waals surface area contributed by atoms with Crippen molar-refractivity contribution in [1.29, 1.82) is 0 Å². The van der Waals surface area contributed by atoms with Gasteiger partial charge in [-0.05, 0) is 40.7 Å². The number of hydrogen-bond donors (Lipinski definition) is 1. The molecule has 0 saturated heterocycles. The molecular weight excluding hydrogens is 444 g/mol. The predicted molar refractivity (Wildman–Crippen MR) is 150 cm³/mol. The van der Waals surface area contributed by atoms with E-state index in [2.05, 4.69) is 82.8 Å². The van der Waals surface area contributed by atoms with Crippen LogP contribution in [0.3, 0.4) is 0 Å². The minimum absolute atomic E-state index is 0.232. The first-order valence-corrected chi connectivity index (χ1v) is 12.5. The van der Waals surface area contributed by atoms with Gasteiger partial charge >= 0.3 is 0 Å². The van der Waals surface area contributed by atoms with E-state index in [0.717, 1.165) is 39.4 Å². The van der Waals surface area contributed by atoms with E-state index in [-0.39, 0.29) is 10.8 Å². The summed E-state index contributed by atoms with van der Waals surface area (Å²) in [6, 6.07) is 22.8. The Hall–Kier alpha value is -3.53. The average molecular weight is 483 g/mol. The fourth-order valence-corrected chi connectivity index (χ4v) is 4.42. The summed E-state index contributed by atoms with van der Waals surface area (Å²) in [5, 5.41) is 11.2. The number of benzene rings is 3. The van der Waals surface area contributed by atoms with Crippen LogP contribution in [-0.4, -0.2) is 24.2 Å². The molecule has 36 heavy (non-hydrogen) atoms. The van der Waals surface area contributed by atoms with Crippen LogP contribution in [0, 0.1) is 0 Å². The quantitative estimate of drug-likeness (QED) is 0.313. The van der Waals surface area contributed by atoms with Gasteiger partial charge in [0.2, 0.25) is 5.89 Å². The maximum absolute atomic E-state index is 11.2. The Morgan fingerprint density at radius 3 is 1.83 bits per heavy atom. The molecule has 3 aromatic carbocycles. The first-order valence-electron chi connectivity index (χ1n) is 12.5. The van der Waals surface area contributed by atoms with Crippen molar-refractivity contribution in [3.63, 3.8) is 0 Å². The monoisotopic (exact) mass is 482 g/mol. The van der Waals surface area contributed by atoms with Crippen LogP contribution in [0.1, 0.15) is 64.0 Å². The van der Waals surface area contributed by atoms with Gasteiger partial charge < -0.3 is 14.4 Å². The molecule has 4 heteroatoms. The van der Waals surface area contributed by atoms with Crippen LogP contribution in [0.4, 0.5) is 5.69 Å². The Morgan fingerprint density at radius 1 is 0.778 bits per heavy atom. The second kappa shape index (κ2) is 9.50. The molecule has 1 N–H and O–H groups in total. The van der Waals surface area contributed by atoms with Crippen molar-refractivity contribution in [1.82, 2.24) is 4.98 Å². The molecule has 0 spiro atoms. The highest BCUT2D eigenvalue weighted by molar-refractivity contribution is 5.70. The highest BCUT2D eigenvalue weighted by Crippen LogP contribution is 2.42. The van der Waals surface area contributed by atoms with Crippen molar-refractivity contribution >= 4 is 5.69 Å². The third-order valence-electron chi connectivity index (χ3n) is 6.53. The molecule has 1 heterocycles. The summed E-state index contributed by atoms with van der Waals surface area (Å²) >= 11 is 0. The first-order chi connectivity index (χ1) is 16.8. The lowest BCUT2D eigenvalue weighted by atomic mass is 9.78. The van der Waals surface area contributed by atoms with Crippen LogP contribution in [0.2, 0.25) is 0 Å². The first kappa shape index (κ1) is 25.6. The number of phenols is 1. The van der Waals surface area contributed by atoms with Gasteiger partial charge in [0.1, 0.15) is 17.2 Å². The Balaban J connectivity index is 1.90. The Morgan fingerprint density at radius 2 is 1.33 bits per heavy atom. The van der Waals surface area contributed by atoms with Crippen LogP contribution >= 0.6 is 0 Å². The minimum atomic E-state index is -0.232. The van der Waals surface area contributed by atoms with Gasteiger partial charge in [-0.3, -0.25) is 0 Å². The molecule has 4 nitrogen and oxygen atoms in total. The third-order valence-corrected chi connectivity index (χ3v) is 6.53. The van der Waals surface area contributed by atoms with Crippen LogP contribution in [0.25, 0.3) is 22.7 Å². The Labute approximate surface area is 215 Å². The maximum Gasteiger partial charge on any atom is 0.226 e. The molecule has 0 atom stereocenters. The zero-order valence-electron chi connectivity index (χ0n) is 22.8. The molecule has 0 aliphatic carbocycles. The smallest absolute Gasteiger partial charge is 0.226 e. The molecule has 0 aliphatic rings. The van der Waals surface area contributed by atoms with Gasteiger partial charge in [0.05, 0.1) is 0 Å². The molecule has 1 aromatic heterocycles. The number of nitrogens with zero attached hydrogens (tertiary/aromatic N) is 2. The second-order valence-corrected chi connectivity index (χ2v) is 11.8. The normalized spacial score (nSPS) is 12.1. The number of oxazole rings is 1. The molecule has 188 valence electrons. The van der Waals surface area contributed by atoms with E-state index in [9.17, 15) is 5.11 Å². The highest BCUT2D eigenvalue weighted by atomic mass is 16.4. The topological polar surface area (TPSA) is 49.5 Å². The van der Waals surface area contributed by atoms with Gasteiger partial charge in [-0.1, -0.05) is 84.0 Å². The second-order valence-electron chi connectivity index (χ2n) is 11.8.